The first-order valence-electron chi connectivity index (χ1n) is 17.3. The molecule has 6 heterocycles. The van der Waals surface area contributed by atoms with Gasteiger partial charge in [-0.3, -0.25) is 19.4 Å². The monoisotopic (exact) mass is 768 g/mol. The molecule has 10 nitrogen and oxygen atoms in total. The molecule has 0 bridgehead atoms. The molecule has 0 atom stereocenters. The number of methoxy groups -OCH3 is 2. The van der Waals surface area contributed by atoms with Crippen molar-refractivity contribution in [3.63, 3.8) is 0 Å². The van der Waals surface area contributed by atoms with E-state index in [0.29, 0.717) is 24.6 Å². The first kappa shape index (κ1) is 34.1. The van der Waals surface area contributed by atoms with Crippen LogP contribution >= 0.6 is 27.7 Å². The van der Waals surface area contributed by atoms with Crippen LogP contribution in [0, 0.1) is 0 Å². The lowest BCUT2D eigenvalue weighted by Crippen LogP contribution is -2.66. The maximum Gasteiger partial charge on any atom is 0.220 e. The minimum absolute atomic E-state index is 0.0579. The molecule has 0 radical (unpaired) electrons. The minimum atomic E-state index is -0.0590. The van der Waals surface area contributed by atoms with Crippen LogP contribution in [0.4, 0.5) is 0 Å². The average molecular weight is 770 g/mol. The van der Waals surface area contributed by atoms with Crippen LogP contribution in [0.2, 0.25) is 0 Å². The number of carbonyl (C=O) groups is 2. The second-order valence-electron chi connectivity index (χ2n) is 14.2. The molecule has 4 aromatic rings. The molecule has 0 unspecified atom stereocenters. The van der Waals surface area contributed by atoms with Crippen molar-refractivity contribution in [1.82, 2.24) is 30.4 Å². The van der Waals surface area contributed by atoms with Crippen LogP contribution in [-0.4, -0.2) is 89.3 Å². The Hall–Kier alpha value is -3.97. The zero-order chi connectivity index (χ0) is 35.3. The van der Waals surface area contributed by atoms with Gasteiger partial charge in [-0.15, -0.1) is 11.8 Å². The molecule has 12 heteroatoms. The summed E-state index contributed by atoms with van der Waals surface area (Å²) >= 11 is 5.65. The number of likely N-dealkylation sites (tertiary alicyclic amines) is 2. The quantitative estimate of drug-likeness (QED) is 0.191. The molecule has 51 heavy (non-hydrogen) atoms. The summed E-state index contributed by atoms with van der Waals surface area (Å²) < 4.78 is 12.6. The number of amides is 2. The normalized spacial score (nSPS) is 19.1. The molecule has 0 aliphatic carbocycles. The molecule has 0 saturated carbocycles. The Kier molecular flexibility index (Phi) is 9.06. The molecule has 8 rings (SSSR count). The first-order valence-corrected chi connectivity index (χ1v) is 19.3. The van der Waals surface area contributed by atoms with E-state index in [2.05, 4.69) is 103 Å². The molecule has 2 aromatic heterocycles. The van der Waals surface area contributed by atoms with E-state index in [1.165, 1.54) is 0 Å². The van der Waals surface area contributed by atoms with Gasteiger partial charge in [-0.25, -0.2) is 9.97 Å². The highest BCUT2D eigenvalue weighted by atomic mass is 79.9. The molecule has 2 N–H and O–H groups in total. The number of halogens is 1. The lowest BCUT2D eigenvalue weighted by Gasteiger charge is -2.48. The first-order chi connectivity index (χ1) is 24.7. The number of hydrogen-bond acceptors (Lipinski definition) is 9. The van der Waals surface area contributed by atoms with Crippen molar-refractivity contribution < 1.29 is 19.1 Å². The number of nitrogens with zero attached hydrogens (tertiary/aromatic N) is 4. The molecule has 2 aromatic carbocycles. The summed E-state index contributed by atoms with van der Waals surface area (Å²) in [7, 11) is 3.34. The van der Waals surface area contributed by atoms with Crippen LogP contribution in [0.25, 0.3) is 33.6 Å². The van der Waals surface area contributed by atoms with Crippen molar-refractivity contribution in [1.29, 1.82) is 0 Å². The Morgan fingerprint density at radius 1 is 0.706 bits per heavy atom. The van der Waals surface area contributed by atoms with Gasteiger partial charge in [0.15, 0.2) is 0 Å². The number of benzene rings is 2. The van der Waals surface area contributed by atoms with Gasteiger partial charge in [-0.2, -0.15) is 0 Å². The highest BCUT2D eigenvalue weighted by molar-refractivity contribution is 9.10. The maximum absolute atomic E-state index is 11.8. The summed E-state index contributed by atoms with van der Waals surface area (Å²) in [6, 6.07) is 21.0. The van der Waals surface area contributed by atoms with Crippen molar-refractivity contribution in [2.45, 2.75) is 54.7 Å². The van der Waals surface area contributed by atoms with Gasteiger partial charge >= 0.3 is 0 Å². The average Bonchev–Trinajstić information content (AvgIpc) is 3.70. The molecule has 4 saturated heterocycles. The van der Waals surface area contributed by atoms with E-state index in [-0.39, 0.29) is 22.9 Å². The predicted molar refractivity (Wildman–Crippen MR) is 202 cm³/mol. The molecule has 4 aliphatic rings. The Morgan fingerprint density at radius 3 is 1.65 bits per heavy atom. The van der Waals surface area contributed by atoms with Crippen molar-refractivity contribution >= 4 is 39.5 Å². The maximum atomic E-state index is 11.8. The number of pyridine rings is 2. The molecule has 2 spiro atoms. The smallest absolute Gasteiger partial charge is 0.220 e. The van der Waals surface area contributed by atoms with Crippen molar-refractivity contribution in [2.75, 3.05) is 46.7 Å². The zero-order valence-electron chi connectivity index (χ0n) is 29.1. The topological polar surface area (TPSA) is 109 Å². The van der Waals surface area contributed by atoms with Gasteiger partial charge < -0.3 is 20.1 Å². The minimum Gasteiger partial charge on any atom is -0.481 e. The Bertz CT molecular complexity index is 2030. The third-order valence-electron chi connectivity index (χ3n) is 10.7. The largest absolute Gasteiger partial charge is 0.481 e. The highest BCUT2D eigenvalue weighted by Crippen LogP contribution is 2.44. The molecular formula is C39H41BrN6O4S. The Morgan fingerprint density at radius 2 is 1.18 bits per heavy atom. The number of hydrogen-bond donors (Lipinski definition) is 2. The molecule has 264 valence electrons. The van der Waals surface area contributed by atoms with Crippen LogP contribution in [0.15, 0.2) is 70.0 Å². The van der Waals surface area contributed by atoms with Gasteiger partial charge in [0.1, 0.15) is 0 Å². The summed E-state index contributed by atoms with van der Waals surface area (Å²) in [6.07, 6.45) is 5.14. The summed E-state index contributed by atoms with van der Waals surface area (Å²) in [6.45, 7) is 4.84. The van der Waals surface area contributed by atoms with Crippen LogP contribution < -0.4 is 20.1 Å². The predicted octanol–water partition coefficient (Wildman–Crippen LogP) is 5.91. The van der Waals surface area contributed by atoms with E-state index >= 15 is 0 Å². The summed E-state index contributed by atoms with van der Waals surface area (Å²) in [5.74, 6) is 1.54. The third-order valence-corrected chi connectivity index (χ3v) is 12.4. The van der Waals surface area contributed by atoms with Crippen molar-refractivity contribution in [3.8, 4) is 45.4 Å². The Labute approximate surface area is 310 Å². The molecule has 2 amide bonds. The van der Waals surface area contributed by atoms with Gasteiger partial charge in [0, 0.05) is 83.7 Å². The summed E-state index contributed by atoms with van der Waals surface area (Å²) in [5.41, 5.74) is 7.77. The van der Waals surface area contributed by atoms with E-state index in [4.69, 9.17) is 19.4 Å². The number of thioether (sulfide) groups is 1. The highest BCUT2D eigenvalue weighted by Gasteiger charge is 2.48. The van der Waals surface area contributed by atoms with E-state index < -0.39 is 0 Å². The lowest BCUT2D eigenvalue weighted by atomic mass is 9.88. The number of aromatic nitrogens is 2. The third kappa shape index (κ3) is 6.41. The zero-order valence-corrected chi connectivity index (χ0v) is 31.5. The summed E-state index contributed by atoms with van der Waals surface area (Å²) in [4.78, 5) is 39.3. The second-order valence-corrected chi connectivity index (χ2v) is 15.8. The molecule has 4 aliphatic heterocycles. The van der Waals surface area contributed by atoms with Gasteiger partial charge in [-0.05, 0) is 58.3 Å². The summed E-state index contributed by atoms with van der Waals surface area (Å²) in [5, 5.41) is 6.32. The van der Waals surface area contributed by atoms with Gasteiger partial charge in [0.25, 0.3) is 0 Å². The Balaban J connectivity index is 1.03. The fourth-order valence-electron chi connectivity index (χ4n) is 8.29. The van der Waals surface area contributed by atoms with Crippen LogP contribution in [0.3, 0.4) is 0 Å². The molecule has 4 fully saturated rings. The van der Waals surface area contributed by atoms with Gasteiger partial charge in [-0.1, -0.05) is 48.5 Å². The van der Waals surface area contributed by atoms with Crippen LogP contribution in [0.1, 0.15) is 36.8 Å². The number of carbonyl (C=O) groups excluding carboxylic acids is 2. The fourth-order valence-corrected chi connectivity index (χ4v) is 9.76. The van der Waals surface area contributed by atoms with E-state index in [9.17, 15) is 9.59 Å². The molecular weight excluding hydrogens is 728 g/mol. The van der Waals surface area contributed by atoms with Crippen molar-refractivity contribution in [3.05, 3.63) is 76.3 Å². The lowest BCUT2D eigenvalue weighted by molar-refractivity contribution is -0.121. The SMILES string of the molecule is COc1nc(-c2cccc(-c3cccc(-c4ccc(CN5CC6(CCC(=O)N6)C5)c(OC)n4)c3SC)c2Br)ccc1CN1CC2(CCC(=O)N2)C1. The van der Waals surface area contributed by atoms with Crippen molar-refractivity contribution in [2.24, 2.45) is 0 Å². The van der Waals surface area contributed by atoms with Gasteiger partial charge in [0.05, 0.1) is 36.7 Å². The van der Waals surface area contributed by atoms with E-state index in [1.54, 1.807) is 26.0 Å². The number of nitrogens with one attached hydrogen (secondary N) is 2. The standard InChI is InChI=1S/C39H41BrN6O4S/c1-49-36-24(18-45-20-38(21-45)16-14-32(47)43-38)10-12-30(41-36)28-8-4-6-26(34(28)40)27-7-5-9-29(35(27)51-3)31-13-11-25(37(42-31)50-2)19-46-22-39(23-46)17-15-33(48)44-39/h4-13H,14-23H2,1-3H3,(H,43,47)(H,44,48). The fraction of sp³-hybridized carbons (Fsp3) is 0.385. The van der Waals surface area contributed by atoms with Crippen LogP contribution in [-0.2, 0) is 22.7 Å². The van der Waals surface area contributed by atoms with E-state index in [0.717, 1.165) is 106 Å². The number of ether oxygens (including phenoxy) is 2. The van der Waals surface area contributed by atoms with Crippen LogP contribution in [0.5, 0.6) is 11.8 Å². The van der Waals surface area contributed by atoms with E-state index in [1.807, 2.05) is 0 Å². The second kappa shape index (κ2) is 13.5. The van der Waals surface area contributed by atoms with Gasteiger partial charge in [0.2, 0.25) is 23.6 Å². The number of rotatable bonds is 10.